The molecule has 0 aromatic rings. The zero-order valence-electron chi connectivity index (χ0n) is 17.5. The molecule has 0 spiro atoms. The van der Waals surface area contributed by atoms with Crippen molar-refractivity contribution in [3.05, 3.63) is 0 Å². The van der Waals surface area contributed by atoms with Crippen LogP contribution in [0.15, 0.2) is 0 Å². The van der Waals surface area contributed by atoms with E-state index in [-0.39, 0.29) is 22.2 Å². The summed E-state index contributed by atoms with van der Waals surface area (Å²) in [5.74, 6) is 0.168. The van der Waals surface area contributed by atoms with Gasteiger partial charge in [-0.05, 0) is 11.8 Å². The Morgan fingerprint density at radius 2 is 1.32 bits per heavy atom. The quantitative estimate of drug-likeness (QED) is 0.727. The van der Waals surface area contributed by atoms with E-state index in [1.54, 1.807) is 0 Å². The van der Waals surface area contributed by atoms with Crippen molar-refractivity contribution in [2.45, 2.75) is 68.7 Å². The number of amides is 1. The second-order valence-corrected chi connectivity index (χ2v) is 9.92. The number of carbonyl (C=O) groups excluding carboxylic acids is 1. The molecule has 134 valence electrons. The molecule has 1 N–H and O–H groups in total. The number of hydrogen-bond acceptors (Lipinski definition) is 1. The highest BCUT2D eigenvalue weighted by Gasteiger charge is 2.34. The van der Waals surface area contributed by atoms with Crippen LogP contribution in [0.2, 0.25) is 0 Å². The number of quaternary nitrogens is 1. The lowest BCUT2D eigenvalue weighted by molar-refractivity contribution is -0.876. The molecule has 0 aliphatic carbocycles. The van der Waals surface area contributed by atoms with Crippen LogP contribution < -0.4 is 5.32 Å². The predicted molar refractivity (Wildman–Crippen MR) is 98.9 cm³/mol. The molecule has 0 radical (unpaired) electrons. The predicted octanol–water partition coefficient (Wildman–Crippen LogP) is 4.32. The molecule has 0 aromatic carbocycles. The van der Waals surface area contributed by atoms with E-state index >= 15 is 0 Å². The van der Waals surface area contributed by atoms with Gasteiger partial charge in [-0.2, -0.15) is 0 Å². The number of rotatable bonds is 6. The van der Waals surface area contributed by atoms with Crippen LogP contribution in [0.1, 0.15) is 68.7 Å². The molecule has 0 aromatic heterocycles. The van der Waals surface area contributed by atoms with Gasteiger partial charge in [0.2, 0.25) is 5.91 Å². The smallest absolute Gasteiger partial charge is 0.225 e. The minimum atomic E-state index is -0.315. The van der Waals surface area contributed by atoms with Crippen molar-refractivity contribution in [1.82, 2.24) is 5.32 Å². The van der Waals surface area contributed by atoms with E-state index in [4.69, 9.17) is 0 Å². The Labute approximate surface area is 140 Å². The second-order valence-electron chi connectivity index (χ2n) is 9.92. The van der Waals surface area contributed by atoms with E-state index in [1.165, 1.54) is 0 Å². The monoisotopic (exact) mass is 315 g/mol. The van der Waals surface area contributed by atoms with Crippen LogP contribution in [0.25, 0.3) is 0 Å². The third-order valence-corrected chi connectivity index (χ3v) is 3.22. The summed E-state index contributed by atoms with van der Waals surface area (Å²) in [5.41, 5.74) is -0.0463. The van der Waals surface area contributed by atoms with Crippen LogP contribution in [-0.4, -0.2) is 44.6 Å². The van der Waals surface area contributed by atoms with Crippen molar-refractivity contribution in [2.75, 3.05) is 34.2 Å². The highest BCUT2D eigenvalue weighted by molar-refractivity contribution is 5.81. The van der Waals surface area contributed by atoms with Crippen molar-refractivity contribution in [3.8, 4) is 0 Å². The molecule has 0 bridgehead atoms. The summed E-state index contributed by atoms with van der Waals surface area (Å²) in [5, 5.41) is 3.16. The Bertz CT molecular complexity index is 330. The Balaban J connectivity index is 0. The molecule has 0 rings (SSSR count). The Hall–Kier alpha value is -0.570. The van der Waals surface area contributed by atoms with Crippen LogP contribution in [0.4, 0.5) is 0 Å². The van der Waals surface area contributed by atoms with E-state index in [2.05, 4.69) is 61.1 Å². The first-order valence-electron chi connectivity index (χ1n) is 8.63. The van der Waals surface area contributed by atoms with Crippen LogP contribution in [0, 0.1) is 16.2 Å². The fraction of sp³-hybridized carbons (Fsp3) is 0.947. The molecule has 0 atom stereocenters. The van der Waals surface area contributed by atoms with Gasteiger partial charge in [-0.15, -0.1) is 0 Å². The van der Waals surface area contributed by atoms with Gasteiger partial charge >= 0.3 is 0 Å². The topological polar surface area (TPSA) is 29.1 Å². The summed E-state index contributed by atoms with van der Waals surface area (Å²) in [6.45, 7) is 20.8. The van der Waals surface area contributed by atoms with Crippen molar-refractivity contribution >= 4 is 5.91 Å². The fourth-order valence-electron chi connectivity index (χ4n) is 3.30. The minimum Gasteiger partial charge on any atom is -0.355 e. The normalized spacial score (nSPS) is 13.3. The standard InChI is InChI=1S/C17H36N2O.C2H6/c1-15(2,3)11-17(6,7)14(20)18-12-16(4,5)13-19(8,9)10;1-2/h11-13H2,1-10H3;1-2H3/p+1. The van der Waals surface area contributed by atoms with E-state index in [1.807, 2.05) is 27.7 Å². The van der Waals surface area contributed by atoms with Gasteiger partial charge < -0.3 is 9.80 Å². The van der Waals surface area contributed by atoms with Crippen LogP contribution in [-0.2, 0) is 4.79 Å². The molecule has 3 nitrogen and oxygen atoms in total. The van der Waals surface area contributed by atoms with Gasteiger partial charge in [0, 0.05) is 17.4 Å². The fourth-order valence-corrected chi connectivity index (χ4v) is 3.30. The third kappa shape index (κ3) is 12.0. The molecule has 0 aliphatic rings. The largest absolute Gasteiger partial charge is 0.355 e. The van der Waals surface area contributed by atoms with Gasteiger partial charge in [0.15, 0.2) is 0 Å². The third-order valence-electron chi connectivity index (χ3n) is 3.22. The lowest BCUT2D eigenvalue weighted by Crippen LogP contribution is -2.49. The lowest BCUT2D eigenvalue weighted by Gasteiger charge is -2.36. The first-order valence-corrected chi connectivity index (χ1v) is 8.63. The Kier molecular flexibility index (Phi) is 8.97. The Morgan fingerprint density at radius 3 is 1.64 bits per heavy atom. The highest BCUT2D eigenvalue weighted by Crippen LogP contribution is 2.33. The maximum atomic E-state index is 12.4. The number of hydrogen-bond donors (Lipinski definition) is 1. The summed E-state index contributed by atoms with van der Waals surface area (Å²) in [7, 11) is 6.56. The van der Waals surface area contributed by atoms with Gasteiger partial charge in [0.25, 0.3) is 0 Å². The first kappa shape index (κ1) is 23.7. The molecule has 3 heteroatoms. The molecule has 0 unspecified atom stereocenters. The van der Waals surface area contributed by atoms with Gasteiger partial charge in [0.05, 0.1) is 27.7 Å². The zero-order valence-corrected chi connectivity index (χ0v) is 17.5. The summed E-state index contributed by atoms with van der Waals surface area (Å²) in [6.07, 6.45) is 0.890. The van der Waals surface area contributed by atoms with E-state index in [0.29, 0.717) is 0 Å². The summed E-state index contributed by atoms with van der Waals surface area (Å²) in [4.78, 5) is 12.4. The number of nitrogens with one attached hydrogen (secondary N) is 1. The molecule has 0 aliphatic heterocycles. The van der Waals surface area contributed by atoms with Gasteiger partial charge in [-0.3, -0.25) is 4.79 Å². The van der Waals surface area contributed by atoms with Gasteiger partial charge in [0.1, 0.15) is 0 Å². The number of carbonyl (C=O) groups is 1. The minimum absolute atomic E-state index is 0.103. The van der Waals surface area contributed by atoms with E-state index in [9.17, 15) is 4.79 Å². The van der Waals surface area contributed by atoms with Crippen molar-refractivity contribution in [3.63, 3.8) is 0 Å². The maximum absolute atomic E-state index is 12.4. The lowest BCUT2D eigenvalue weighted by atomic mass is 9.75. The van der Waals surface area contributed by atoms with Crippen LogP contribution in [0.5, 0.6) is 0 Å². The molecule has 0 saturated carbocycles. The van der Waals surface area contributed by atoms with Crippen molar-refractivity contribution in [2.24, 2.45) is 16.2 Å². The Morgan fingerprint density at radius 1 is 0.909 bits per heavy atom. The highest BCUT2D eigenvalue weighted by atomic mass is 16.2. The van der Waals surface area contributed by atoms with Crippen molar-refractivity contribution in [1.29, 1.82) is 0 Å². The summed E-state index contributed by atoms with van der Waals surface area (Å²) < 4.78 is 0.911. The molecular formula is C19H43N2O+. The van der Waals surface area contributed by atoms with Crippen LogP contribution >= 0.6 is 0 Å². The van der Waals surface area contributed by atoms with Gasteiger partial charge in [-0.25, -0.2) is 0 Å². The van der Waals surface area contributed by atoms with Gasteiger partial charge in [-0.1, -0.05) is 62.3 Å². The summed E-state index contributed by atoms with van der Waals surface area (Å²) >= 11 is 0. The molecule has 0 heterocycles. The van der Waals surface area contributed by atoms with E-state index < -0.39 is 0 Å². The average Bonchev–Trinajstić information content (AvgIpc) is 2.22. The molecular weight excluding hydrogens is 272 g/mol. The van der Waals surface area contributed by atoms with Crippen molar-refractivity contribution < 1.29 is 9.28 Å². The molecule has 0 fully saturated rings. The van der Waals surface area contributed by atoms with Crippen LogP contribution in [0.3, 0.4) is 0 Å². The SMILES string of the molecule is CC.CC(C)(C)CC(C)(C)C(=O)NCC(C)(C)C[N+](C)(C)C. The first-order chi connectivity index (χ1) is 9.54. The number of nitrogens with zero attached hydrogens (tertiary/aromatic N) is 1. The zero-order chi connectivity index (χ0) is 18.4. The molecule has 0 saturated heterocycles. The maximum Gasteiger partial charge on any atom is 0.225 e. The second kappa shape index (κ2) is 8.33. The average molecular weight is 316 g/mol. The van der Waals surface area contributed by atoms with E-state index in [0.717, 1.165) is 24.0 Å². The molecule has 22 heavy (non-hydrogen) atoms. The summed E-state index contributed by atoms with van der Waals surface area (Å²) in [6, 6.07) is 0. The molecule has 1 amide bonds.